The lowest BCUT2D eigenvalue weighted by Crippen LogP contribution is -2.03. The first-order valence-corrected chi connectivity index (χ1v) is 9.16. The molecule has 0 fully saturated rings. The van der Waals surface area contributed by atoms with Crippen molar-refractivity contribution in [2.24, 2.45) is 0 Å². The monoisotopic (exact) mass is 328 g/mol. The number of para-hydroxylation sites is 1. The summed E-state index contributed by atoms with van der Waals surface area (Å²) in [6.07, 6.45) is 2.28. The molecule has 126 valence electrons. The molecule has 0 aromatic heterocycles. The molecule has 1 aliphatic carbocycles. The summed E-state index contributed by atoms with van der Waals surface area (Å²) in [6, 6.07) is 25.8. The topological polar surface area (TPSA) is 9.23 Å². The number of hydrogen-bond acceptors (Lipinski definition) is 1. The molecule has 0 unspecified atom stereocenters. The average Bonchev–Trinajstić information content (AvgIpc) is 3.06. The highest BCUT2D eigenvalue weighted by Gasteiger charge is 2.26. The zero-order valence-electron chi connectivity index (χ0n) is 14.9. The maximum atomic E-state index is 6.24. The van der Waals surface area contributed by atoms with Gasteiger partial charge in [-0.25, -0.2) is 0 Å². The fourth-order valence-corrected chi connectivity index (χ4v) is 3.72. The van der Waals surface area contributed by atoms with Crippen molar-refractivity contribution in [1.29, 1.82) is 0 Å². The molecule has 4 rings (SSSR count). The molecule has 0 saturated carbocycles. The van der Waals surface area contributed by atoms with Gasteiger partial charge < -0.3 is 4.74 Å². The van der Waals surface area contributed by atoms with E-state index in [2.05, 4.69) is 56.3 Å². The summed E-state index contributed by atoms with van der Waals surface area (Å²) < 4.78 is 6.24. The summed E-state index contributed by atoms with van der Waals surface area (Å²) in [5.41, 5.74) is 6.84. The highest BCUT2D eigenvalue weighted by atomic mass is 16.5. The Morgan fingerprint density at radius 1 is 0.840 bits per heavy atom. The van der Waals surface area contributed by atoms with Crippen LogP contribution in [0.15, 0.2) is 72.8 Å². The summed E-state index contributed by atoms with van der Waals surface area (Å²) in [6.45, 7) is 4.47. The molecule has 1 aliphatic rings. The van der Waals surface area contributed by atoms with Crippen molar-refractivity contribution in [3.05, 3.63) is 89.5 Å². The zero-order chi connectivity index (χ0) is 17.2. The molecule has 0 N–H and O–H groups in total. The number of fused-ring (bicyclic) bond motifs is 1. The highest BCUT2D eigenvalue weighted by Crippen LogP contribution is 2.40. The van der Waals surface area contributed by atoms with Gasteiger partial charge in [-0.15, -0.1) is 0 Å². The minimum atomic E-state index is 0.160. The SMILES string of the molecule is CC(C)c1ccc(-c2cccc3c2CC[C@H]3Oc2ccccc2)cc1. The largest absolute Gasteiger partial charge is 0.486 e. The minimum absolute atomic E-state index is 0.160. The average molecular weight is 328 g/mol. The van der Waals surface area contributed by atoms with Crippen LogP contribution in [-0.2, 0) is 6.42 Å². The van der Waals surface area contributed by atoms with Crippen molar-refractivity contribution in [3.63, 3.8) is 0 Å². The third-order valence-corrected chi connectivity index (χ3v) is 5.13. The normalized spacial score (nSPS) is 16.0. The number of ether oxygens (including phenoxy) is 1. The standard InChI is InChI=1S/C24H24O/c1-17(2)18-11-13-19(14-12-18)21-9-6-10-23-22(21)15-16-24(23)25-20-7-4-3-5-8-20/h3-14,17,24H,15-16H2,1-2H3/t24-/m1/s1. The van der Waals surface area contributed by atoms with Crippen molar-refractivity contribution in [1.82, 2.24) is 0 Å². The maximum Gasteiger partial charge on any atom is 0.124 e. The zero-order valence-corrected chi connectivity index (χ0v) is 14.9. The Kier molecular flexibility index (Phi) is 4.31. The van der Waals surface area contributed by atoms with Crippen LogP contribution in [0.5, 0.6) is 5.75 Å². The van der Waals surface area contributed by atoms with Gasteiger partial charge in [-0.3, -0.25) is 0 Å². The fourth-order valence-electron chi connectivity index (χ4n) is 3.72. The molecule has 0 heterocycles. The molecule has 25 heavy (non-hydrogen) atoms. The van der Waals surface area contributed by atoms with E-state index in [1.807, 2.05) is 30.3 Å². The first kappa shape index (κ1) is 16.0. The molecule has 0 radical (unpaired) electrons. The molecule has 0 spiro atoms. The van der Waals surface area contributed by atoms with E-state index >= 15 is 0 Å². The van der Waals surface area contributed by atoms with Crippen LogP contribution < -0.4 is 4.74 Å². The highest BCUT2D eigenvalue weighted by molar-refractivity contribution is 5.70. The Hall–Kier alpha value is -2.54. The third kappa shape index (κ3) is 3.19. The predicted molar refractivity (Wildman–Crippen MR) is 104 cm³/mol. The Bertz CT molecular complexity index is 847. The molecule has 3 aromatic carbocycles. The Morgan fingerprint density at radius 2 is 1.60 bits per heavy atom. The van der Waals surface area contributed by atoms with E-state index in [-0.39, 0.29) is 6.10 Å². The lowest BCUT2D eigenvalue weighted by Gasteiger charge is -2.16. The second-order valence-electron chi connectivity index (χ2n) is 7.11. The number of rotatable bonds is 4. The van der Waals surface area contributed by atoms with Gasteiger partial charge in [0.05, 0.1) is 0 Å². The van der Waals surface area contributed by atoms with E-state index in [4.69, 9.17) is 4.74 Å². The number of hydrogen-bond donors (Lipinski definition) is 0. The van der Waals surface area contributed by atoms with Crippen LogP contribution in [0.1, 0.15) is 49.0 Å². The Labute approximate surface area is 150 Å². The third-order valence-electron chi connectivity index (χ3n) is 5.13. The molecular formula is C24H24O. The van der Waals surface area contributed by atoms with Crippen LogP contribution in [0, 0.1) is 0 Å². The van der Waals surface area contributed by atoms with Gasteiger partial charge in [0.2, 0.25) is 0 Å². The Balaban J connectivity index is 1.64. The van der Waals surface area contributed by atoms with E-state index in [0.29, 0.717) is 5.92 Å². The smallest absolute Gasteiger partial charge is 0.124 e. The van der Waals surface area contributed by atoms with Crippen LogP contribution in [-0.4, -0.2) is 0 Å². The maximum absolute atomic E-state index is 6.24. The predicted octanol–water partition coefficient (Wildman–Crippen LogP) is 6.54. The summed E-state index contributed by atoms with van der Waals surface area (Å²) >= 11 is 0. The van der Waals surface area contributed by atoms with Gasteiger partial charge >= 0.3 is 0 Å². The van der Waals surface area contributed by atoms with Crippen LogP contribution in [0.3, 0.4) is 0 Å². The van der Waals surface area contributed by atoms with Crippen LogP contribution in [0.2, 0.25) is 0 Å². The molecule has 1 atom stereocenters. The molecule has 0 amide bonds. The van der Waals surface area contributed by atoms with Gasteiger partial charge in [0.1, 0.15) is 11.9 Å². The lowest BCUT2D eigenvalue weighted by atomic mass is 9.94. The molecule has 3 aromatic rings. The van der Waals surface area contributed by atoms with Gasteiger partial charge in [-0.05, 0) is 58.7 Å². The van der Waals surface area contributed by atoms with E-state index in [0.717, 1.165) is 18.6 Å². The molecule has 0 bridgehead atoms. The van der Waals surface area contributed by atoms with Gasteiger partial charge in [0, 0.05) is 0 Å². The van der Waals surface area contributed by atoms with Crippen LogP contribution in [0.4, 0.5) is 0 Å². The minimum Gasteiger partial charge on any atom is -0.486 e. The molecule has 1 nitrogen and oxygen atoms in total. The fraction of sp³-hybridized carbons (Fsp3) is 0.250. The second kappa shape index (κ2) is 6.76. The lowest BCUT2D eigenvalue weighted by molar-refractivity contribution is 0.207. The van der Waals surface area contributed by atoms with Gasteiger partial charge in [0.15, 0.2) is 0 Å². The van der Waals surface area contributed by atoms with Crippen LogP contribution >= 0.6 is 0 Å². The molecule has 0 saturated heterocycles. The van der Waals surface area contributed by atoms with Gasteiger partial charge in [0.25, 0.3) is 0 Å². The molecular weight excluding hydrogens is 304 g/mol. The summed E-state index contributed by atoms with van der Waals surface area (Å²) in [4.78, 5) is 0. The molecule has 1 heteroatoms. The summed E-state index contributed by atoms with van der Waals surface area (Å²) in [5, 5.41) is 0. The first-order chi connectivity index (χ1) is 12.2. The van der Waals surface area contributed by atoms with Gasteiger partial charge in [-0.2, -0.15) is 0 Å². The van der Waals surface area contributed by atoms with Crippen molar-refractivity contribution in [3.8, 4) is 16.9 Å². The quantitative estimate of drug-likeness (QED) is 0.528. The number of benzene rings is 3. The summed E-state index contributed by atoms with van der Waals surface area (Å²) in [5.74, 6) is 1.52. The van der Waals surface area contributed by atoms with Crippen molar-refractivity contribution in [2.75, 3.05) is 0 Å². The van der Waals surface area contributed by atoms with Gasteiger partial charge in [-0.1, -0.05) is 74.5 Å². The van der Waals surface area contributed by atoms with Crippen LogP contribution in [0.25, 0.3) is 11.1 Å². The van der Waals surface area contributed by atoms with E-state index in [9.17, 15) is 0 Å². The van der Waals surface area contributed by atoms with E-state index < -0.39 is 0 Å². The molecule has 0 aliphatic heterocycles. The van der Waals surface area contributed by atoms with Crippen molar-refractivity contribution >= 4 is 0 Å². The van der Waals surface area contributed by atoms with E-state index in [1.165, 1.54) is 27.8 Å². The van der Waals surface area contributed by atoms with Crippen molar-refractivity contribution < 1.29 is 4.74 Å². The summed E-state index contributed by atoms with van der Waals surface area (Å²) in [7, 11) is 0. The van der Waals surface area contributed by atoms with E-state index in [1.54, 1.807) is 0 Å². The Morgan fingerprint density at radius 3 is 2.32 bits per heavy atom. The second-order valence-corrected chi connectivity index (χ2v) is 7.11. The first-order valence-electron chi connectivity index (χ1n) is 9.16. The van der Waals surface area contributed by atoms with Crippen molar-refractivity contribution in [2.45, 2.75) is 38.7 Å².